The van der Waals surface area contributed by atoms with Crippen molar-refractivity contribution in [1.29, 1.82) is 0 Å². The van der Waals surface area contributed by atoms with Gasteiger partial charge in [0.2, 0.25) is 0 Å². The summed E-state index contributed by atoms with van der Waals surface area (Å²) in [7, 11) is 3.45. The average Bonchev–Trinajstić information content (AvgIpc) is 2.99. The van der Waals surface area contributed by atoms with Crippen LogP contribution < -0.4 is 5.73 Å². The van der Waals surface area contributed by atoms with Gasteiger partial charge in [0.05, 0.1) is 5.69 Å². The zero-order valence-corrected chi connectivity index (χ0v) is 14.6. The van der Waals surface area contributed by atoms with Crippen molar-refractivity contribution >= 4 is 33.6 Å². The van der Waals surface area contributed by atoms with E-state index in [1.807, 2.05) is 12.1 Å². The number of anilines is 1. The van der Waals surface area contributed by atoms with Gasteiger partial charge < -0.3 is 10.5 Å². The molecule has 0 aliphatic rings. The third kappa shape index (κ3) is 3.60. The van der Waals surface area contributed by atoms with E-state index < -0.39 is 0 Å². The topological polar surface area (TPSA) is 73.4 Å². The maximum atomic E-state index is 5.87. The van der Waals surface area contributed by atoms with Gasteiger partial charge in [0.25, 0.3) is 0 Å². The van der Waals surface area contributed by atoms with Gasteiger partial charge in [-0.1, -0.05) is 0 Å². The molecule has 0 spiro atoms. The summed E-state index contributed by atoms with van der Waals surface area (Å²) in [5, 5.41) is 1.18. The van der Waals surface area contributed by atoms with Gasteiger partial charge in [-0.2, -0.15) is 0 Å². The second kappa shape index (κ2) is 7.51. The monoisotopic (exact) mass is 340 g/mol. The van der Waals surface area contributed by atoms with Crippen LogP contribution >= 0.6 is 11.3 Å². The van der Waals surface area contributed by atoms with Gasteiger partial charge in [0.15, 0.2) is 0 Å². The first kappa shape index (κ1) is 16.5. The number of fused-ring (bicyclic) bond motifs is 1. The first-order chi connectivity index (χ1) is 11.7. The number of aryl methyl sites for hydroxylation is 1. The molecule has 0 unspecified atom stereocenters. The van der Waals surface area contributed by atoms with E-state index in [2.05, 4.69) is 22.1 Å². The van der Waals surface area contributed by atoms with Crippen LogP contribution in [0, 0.1) is 0 Å². The maximum absolute atomic E-state index is 5.87. The first-order valence-corrected chi connectivity index (χ1v) is 8.59. The summed E-state index contributed by atoms with van der Waals surface area (Å²) in [6, 6.07) is 8.31. The average molecular weight is 340 g/mol. The second-order valence-corrected chi connectivity index (χ2v) is 6.60. The normalized spacial score (nSPS) is 11.6. The SMILES string of the molecule is CN=Cc1cc(-c2ccc3cc(CCCOC)sc3n2)cnc1N. The Bertz CT molecular complexity index is 873. The Kier molecular flexibility index (Phi) is 5.17. The fourth-order valence-corrected chi connectivity index (χ4v) is 3.59. The fourth-order valence-electron chi connectivity index (χ4n) is 2.52. The van der Waals surface area contributed by atoms with E-state index in [0.29, 0.717) is 5.82 Å². The summed E-state index contributed by atoms with van der Waals surface area (Å²) in [4.78, 5) is 15.4. The molecule has 0 bridgehead atoms. The van der Waals surface area contributed by atoms with Crippen molar-refractivity contribution in [3.63, 3.8) is 0 Å². The molecule has 24 heavy (non-hydrogen) atoms. The molecule has 124 valence electrons. The third-order valence-electron chi connectivity index (χ3n) is 3.72. The first-order valence-electron chi connectivity index (χ1n) is 7.77. The minimum absolute atomic E-state index is 0.474. The van der Waals surface area contributed by atoms with E-state index in [-0.39, 0.29) is 0 Å². The number of nitrogens with zero attached hydrogens (tertiary/aromatic N) is 3. The fraction of sp³-hybridized carbons (Fsp3) is 0.278. The lowest BCUT2D eigenvalue weighted by molar-refractivity contribution is 0.195. The summed E-state index contributed by atoms with van der Waals surface area (Å²) in [5.74, 6) is 0.474. The molecule has 0 aliphatic heterocycles. The molecule has 3 aromatic heterocycles. The number of hydrogen-bond donors (Lipinski definition) is 1. The number of nitrogens with two attached hydrogens (primary N) is 1. The maximum Gasteiger partial charge on any atom is 0.132 e. The molecule has 0 saturated carbocycles. The van der Waals surface area contributed by atoms with Crippen LogP contribution in [0.5, 0.6) is 0 Å². The van der Waals surface area contributed by atoms with Crippen LogP contribution in [-0.4, -0.2) is 36.9 Å². The number of ether oxygens (including phenoxy) is 1. The van der Waals surface area contributed by atoms with Crippen LogP contribution in [0.2, 0.25) is 0 Å². The van der Waals surface area contributed by atoms with E-state index in [9.17, 15) is 0 Å². The highest BCUT2D eigenvalue weighted by Crippen LogP contribution is 2.28. The number of methoxy groups -OCH3 is 1. The number of hydrogen-bond acceptors (Lipinski definition) is 6. The molecule has 0 aromatic carbocycles. The highest BCUT2D eigenvalue weighted by molar-refractivity contribution is 7.18. The Labute approximate surface area is 145 Å². The zero-order chi connectivity index (χ0) is 16.9. The molecular weight excluding hydrogens is 320 g/mol. The second-order valence-electron chi connectivity index (χ2n) is 5.49. The summed E-state index contributed by atoms with van der Waals surface area (Å²) < 4.78 is 5.12. The molecule has 3 aromatic rings. The predicted octanol–water partition coefficient (Wildman–Crippen LogP) is 3.57. The van der Waals surface area contributed by atoms with Gasteiger partial charge >= 0.3 is 0 Å². The van der Waals surface area contributed by atoms with Crippen LogP contribution in [0.1, 0.15) is 16.9 Å². The highest BCUT2D eigenvalue weighted by atomic mass is 32.1. The van der Waals surface area contributed by atoms with Gasteiger partial charge in [0.1, 0.15) is 10.6 Å². The number of nitrogen functional groups attached to an aromatic ring is 1. The van der Waals surface area contributed by atoms with Gasteiger partial charge in [-0.25, -0.2) is 9.97 Å². The lowest BCUT2D eigenvalue weighted by Crippen LogP contribution is -1.98. The van der Waals surface area contributed by atoms with Crippen molar-refractivity contribution in [2.75, 3.05) is 26.5 Å². The molecule has 3 rings (SSSR count). The van der Waals surface area contributed by atoms with E-state index in [0.717, 1.165) is 41.1 Å². The number of aliphatic imine (C=N–C) groups is 1. The molecule has 5 nitrogen and oxygen atoms in total. The van der Waals surface area contributed by atoms with Crippen LogP contribution in [0.4, 0.5) is 5.82 Å². The van der Waals surface area contributed by atoms with Crippen molar-refractivity contribution in [3.05, 3.63) is 40.9 Å². The van der Waals surface area contributed by atoms with E-state index in [1.165, 1.54) is 10.3 Å². The van der Waals surface area contributed by atoms with Crippen molar-refractivity contribution in [2.45, 2.75) is 12.8 Å². The van der Waals surface area contributed by atoms with Gasteiger partial charge in [-0.15, -0.1) is 11.3 Å². The zero-order valence-electron chi connectivity index (χ0n) is 13.8. The molecule has 0 fully saturated rings. The summed E-state index contributed by atoms with van der Waals surface area (Å²) in [6.07, 6.45) is 5.51. The largest absolute Gasteiger partial charge is 0.385 e. The Morgan fingerprint density at radius 3 is 3.00 bits per heavy atom. The molecule has 0 aliphatic carbocycles. The molecule has 6 heteroatoms. The standard InChI is InChI=1S/C18H20N4OS/c1-20-10-14-8-13(11-21-17(14)19)16-6-5-12-9-15(4-3-7-23-2)24-18(12)22-16/h5-6,8-11H,3-4,7H2,1-2H3,(H2,19,21). The van der Waals surface area contributed by atoms with Crippen LogP contribution in [0.3, 0.4) is 0 Å². The molecule has 0 atom stereocenters. The van der Waals surface area contributed by atoms with Crippen LogP contribution in [-0.2, 0) is 11.2 Å². The lowest BCUT2D eigenvalue weighted by atomic mass is 10.1. The smallest absolute Gasteiger partial charge is 0.132 e. The van der Waals surface area contributed by atoms with Gasteiger partial charge in [0, 0.05) is 54.6 Å². The number of pyridine rings is 2. The number of aromatic nitrogens is 2. The minimum atomic E-state index is 0.474. The summed E-state index contributed by atoms with van der Waals surface area (Å²) in [5.41, 5.74) is 8.52. The molecule has 0 amide bonds. The lowest BCUT2D eigenvalue weighted by Gasteiger charge is -2.04. The van der Waals surface area contributed by atoms with Gasteiger partial charge in [-0.3, -0.25) is 4.99 Å². The molecular formula is C18H20N4OS. The summed E-state index contributed by atoms with van der Waals surface area (Å²) in [6.45, 7) is 0.784. The summed E-state index contributed by atoms with van der Waals surface area (Å²) >= 11 is 1.74. The Balaban J connectivity index is 1.91. The molecule has 2 N–H and O–H groups in total. The molecule has 3 heterocycles. The van der Waals surface area contributed by atoms with Crippen LogP contribution in [0.15, 0.2) is 35.5 Å². The van der Waals surface area contributed by atoms with Crippen molar-refractivity contribution < 1.29 is 4.74 Å². The minimum Gasteiger partial charge on any atom is -0.385 e. The Morgan fingerprint density at radius 2 is 2.21 bits per heavy atom. The van der Waals surface area contributed by atoms with Crippen LogP contribution in [0.25, 0.3) is 21.5 Å². The Morgan fingerprint density at radius 1 is 1.33 bits per heavy atom. The van der Waals surface area contributed by atoms with Crippen molar-refractivity contribution in [2.24, 2.45) is 4.99 Å². The molecule has 0 radical (unpaired) electrons. The Hall–Kier alpha value is -2.31. The quantitative estimate of drug-likeness (QED) is 0.550. The van der Waals surface area contributed by atoms with E-state index in [1.54, 1.807) is 37.9 Å². The predicted molar refractivity (Wildman–Crippen MR) is 101 cm³/mol. The van der Waals surface area contributed by atoms with E-state index in [4.69, 9.17) is 15.5 Å². The molecule has 0 saturated heterocycles. The van der Waals surface area contributed by atoms with Crippen molar-refractivity contribution in [3.8, 4) is 11.3 Å². The number of thiophene rings is 1. The highest BCUT2D eigenvalue weighted by Gasteiger charge is 2.08. The van der Waals surface area contributed by atoms with E-state index >= 15 is 0 Å². The number of rotatable bonds is 6. The van der Waals surface area contributed by atoms with Crippen molar-refractivity contribution in [1.82, 2.24) is 9.97 Å². The third-order valence-corrected chi connectivity index (χ3v) is 4.82. The van der Waals surface area contributed by atoms with Gasteiger partial charge in [-0.05, 0) is 37.1 Å².